The topological polar surface area (TPSA) is 89.3 Å². The van der Waals surface area contributed by atoms with Gasteiger partial charge in [0.15, 0.2) is 5.58 Å². The van der Waals surface area contributed by atoms with Crippen LogP contribution in [0.1, 0.15) is 40.7 Å². The minimum atomic E-state index is -0.462. The van der Waals surface area contributed by atoms with Crippen molar-refractivity contribution in [1.29, 1.82) is 0 Å². The molecule has 0 spiro atoms. The Morgan fingerprint density at radius 2 is 1.82 bits per heavy atom. The standard InChI is InChI=1S/C28H23N3O3.C3H7N/c1-17-9-10-19(33-2)16-21(17)26(32)31-28(11-12-28)22-14-18(15-24-20(22)6-5-13-29-24)27-30-23-7-3-4-8-25(23)34-27;1-2-4-3-1/h3-10,13-16H,11-12H2,1-2H3,(H,31,32);4H,1-3H2. The fraction of sp³-hybridized carbons (Fsp3) is 0.258. The number of aromatic nitrogens is 2. The average Bonchev–Trinajstić information content (AvgIpc) is 3.54. The Labute approximate surface area is 221 Å². The number of methoxy groups -OCH3 is 1. The first-order chi connectivity index (χ1) is 18.6. The van der Waals surface area contributed by atoms with Crippen molar-refractivity contribution in [3.8, 4) is 17.2 Å². The van der Waals surface area contributed by atoms with Crippen molar-refractivity contribution in [2.75, 3.05) is 20.2 Å². The maximum atomic E-state index is 13.4. The zero-order valence-corrected chi connectivity index (χ0v) is 21.6. The van der Waals surface area contributed by atoms with Crippen molar-refractivity contribution in [1.82, 2.24) is 20.6 Å². The molecule has 2 aromatic heterocycles. The third kappa shape index (κ3) is 4.61. The fourth-order valence-electron chi connectivity index (χ4n) is 4.72. The Morgan fingerprint density at radius 3 is 2.53 bits per heavy atom. The number of hydrogen-bond acceptors (Lipinski definition) is 6. The van der Waals surface area contributed by atoms with E-state index in [1.807, 2.05) is 55.5 Å². The van der Waals surface area contributed by atoms with Crippen LogP contribution in [-0.2, 0) is 5.54 Å². The van der Waals surface area contributed by atoms with Crippen molar-refractivity contribution in [2.45, 2.75) is 31.7 Å². The van der Waals surface area contributed by atoms with Crippen molar-refractivity contribution in [3.05, 3.63) is 89.6 Å². The van der Waals surface area contributed by atoms with Gasteiger partial charge in [-0.15, -0.1) is 0 Å². The Kier molecular flexibility index (Phi) is 6.29. The Morgan fingerprint density at radius 1 is 1.03 bits per heavy atom. The lowest BCUT2D eigenvalue weighted by Gasteiger charge is -2.21. The van der Waals surface area contributed by atoms with Crippen LogP contribution in [0.3, 0.4) is 0 Å². The summed E-state index contributed by atoms with van der Waals surface area (Å²) in [5.74, 6) is 1.09. The summed E-state index contributed by atoms with van der Waals surface area (Å²) in [6.45, 7) is 4.43. The highest BCUT2D eigenvalue weighted by Gasteiger charge is 2.47. The largest absolute Gasteiger partial charge is 0.497 e. The molecule has 38 heavy (non-hydrogen) atoms. The molecule has 3 heterocycles. The number of nitrogens with one attached hydrogen (secondary N) is 2. The highest BCUT2D eigenvalue weighted by Crippen LogP contribution is 2.49. The molecule has 7 heteroatoms. The summed E-state index contributed by atoms with van der Waals surface area (Å²) in [5.41, 5.74) is 5.32. The van der Waals surface area contributed by atoms with E-state index in [9.17, 15) is 4.79 Å². The van der Waals surface area contributed by atoms with Crippen LogP contribution < -0.4 is 15.4 Å². The molecule has 1 aliphatic carbocycles. The molecule has 3 aromatic carbocycles. The van der Waals surface area contributed by atoms with E-state index < -0.39 is 5.54 Å². The minimum absolute atomic E-state index is 0.113. The first-order valence-corrected chi connectivity index (χ1v) is 13.0. The van der Waals surface area contributed by atoms with Crippen LogP contribution in [0.15, 0.2) is 77.3 Å². The van der Waals surface area contributed by atoms with E-state index >= 15 is 0 Å². The third-order valence-electron chi connectivity index (χ3n) is 7.28. The van der Waals surface area contributed by atoms with Crippen LogP contribution in [0.4, 0.5) is 0 Å². The Hall–Kier alpha value is -4.23. The van der Waals surface area contributed by atoms with Gasteiger partial charge in [0.2, 0.25) is 5.89 Å². The number of hydrogen-bond donors (Lipinski definition) is 2. The summed E-state index contributed by atoms with van der Waals surface area (Å²) in [5, 5.41) is 7.44. The zero-order valence-electron chi connectivity index (χ0n) is 21.6. The first kappa shape index (κ1) is 24.1. The number of oxazole rings is 1. The molecule has 1 amide bonds. The van der Waals surface area contributed by atoms with Gasteiger partial charge in [0.25, 0.3) is 5.91 Å². The number of pyridine rings is 1. The van der Waals surface area contributed by atoms with Gasteiger partial charge in [0.1, 0.15) is 11.3 Å². The lowest BCUT2D eigenvalue weighted by molar-refractivity contribution is 0.0930. The summed E-state index contributed by atoms with van der Waals surface area (Å²) in [6.07, 6.45) is 4.87. The predicted molar refractivity (Wildman–Crippen MR) is 148 cm³/mol. The monoisotopic (exact) mass is 506 g/mol. The molecular weight excluding hydrogens is 476 g/mol. The van der Waals surface area contributed by atoms with Gasteiger partial charge in [-0.1, -0.05) is 24.3 Å². The van der Waals surface area contributed by atoms with Crippen molar-refractivity contribution < 1.29 is 13.9 Å². The second kappa shape index (κ2) is 9.91. The van der Waals surface area contributed by atoms with Crippen molar-refractivity contribution in [3.63, 3.8) is 0 Å². The smallest absolute Gasteiger partial charge is 0.252 e. The number of rotatable bonds is 5. The quantitative estimate of drug-likeness (QED) is 0.315. The number of fused-ring (bicyclic) bond motifs is 2. The molecule has 5 aromatic rings. The summed E-state index contributed by atoms with van der Waals surface area (Å²) in [6, 6.07) is 21.3. The zero-order chi connectivity index (χ0) is 26.1. The molecule has 0 atom stereocenters. The Bertz CT molecular complexity index is 1600. The van der Waals surface area contributed by atoms with E-state index in [0.717, 1.165) is 51.5 Å². The van der Waals surface area contributed by atoms with E-state index in [0.29, 0.717) is 17.2 Å². The molecule has 192 valence electrons. The van der Waals surface area contributed by atoms with Gasteiger partial charge < -0.3 is 19.8 Å². The number of carbonyl (C=O) groups is 1. The minimum Gasteiger partial charge on any atom is -0.497 e. The summed E-state index contributed by atoms with van der Waals surface area (Å²) >= 11 is 0. The highest BCUT2D eigenvalue weighted by atomic mass is 16.5. The summed E-state index contributed by atoms with van der Waals surface area (Å²) < 4.78 is 11.4. The average molecular weight is 507 g/mol. The van der Waals surface area contributed by atoms with Gasteiger partial charge in [0, 0.05) is 22.7 Å². The van der Waals surface area contributed by atoms with Gasteiger partial charge in [-0.25, -0.2) is 4.98 Å². The van der Waals surface area contributed by atoms with Gasteiger partial charge in [-0.2, -0.15) is 0 Å². The summed E-state index contributed by atoms with van der Waals surface area (Å²) in [4.78, 5) is 22.6. The first-order valence-electron chi connectivity index (χ1n) is 13.0. The maximum absolute atomic E-state index is 13.4. The van der Waals surface area contributed by atoms with Crippen LogP contribution in [0, 0.1) is 6.92 Å². The van der Waals surface area contributed by atoms with E-state index in [2.05, 4.69) is 32.7 Å². The van der Waals surface area contributed by atoms with E-state index in [-0.39, 0.29) is 5.91 Å². The van der Waals surface area contributed by atoms with E-state index in [4.69, 9.17) is 9.15 Å². The van der Waals surface area contributed by atoms with Crippen LogP contribution in [-0.4, -0.2) is 36.1 Å². The normalized spacial score (nSPS) is 15.3. The van der Waals surface area contributed by atoms with E-state index in [1.165, 1.54) is 19.5 Å². The fourth-order valence-corrected chi connectivity index (χ4v) is 4.72. The molecule has 2 aliphatic rings. The number of amides is 1. The molecule has 2 N–H and O–H groups in total. The van der Waals surface area contributed by atoms with Gasteiger partial charge >= 0.3 is 0 Å². The number of aryl methyl sites for hydroxylation is 1. The third-order valence-corrected chi connectivity index (χ3v) is 7.28. The van der Waals surface area contributed by atoms with Gasteiger partial charge in [0.05, 0.1) is 18.2 Å². The van der Waals surface area contributed by atoms with Gasteiger partial charge in [-0.3, -0.25) is 9.78 Å². The van der Waals surface area contributed by atoms with E-state index in [1.54, 1.807) is 19.4 Å². The molecule has 7 nitrogen and oxygen atoms in total. The van der Waals surface area contributed by atoms with Crippen molar-refractivity contribution >= 4 is 27.9 Å². The lowest BCUT2D eigenvalue weighted by atomic mass is 9.95. The summed E-state index contributed by atoms with van der Waals surface area (Å²) in [7, 11) is 1.60. The molecule has 1 saturated carbocycles. The molecule has 1 aliphatic heterocycles. The molecule has 0 radical (unpaired) electrons. The number of nitrogens with zero attached hydrogens (tertiary/aromatic N) is 2. The van der Waals surface area contributed by atoms with Crippen molar-refractivity contribution in [2.24, 2.45) is 0 Å². The molecule has 2 fully saturated rings. The van der Waals surface area contributed by atoms with Crippen LogP contribution in [0.25, 0.3) is 33.5 Å². The second-order valence-corrected chi connectivity index (χ2v) is 9.90. The molecule has 0 unspecified atom stereocenters. The van der Waals surface area contributed by atoms with Gasteiger partial charge in [-0.05, 0) is 92.9 Å². The number of benzene rings is 3. The van der Waals surface area contributed by atoms with Crippen LogP contribution in [0.5, 0.6) is 5.75 Å². The van der Waals surface area contributed by atoms with Crippen LogP contribution in [0.2, 0.25) is 0 Å². The molecule has 0 bridgehead atoms. The Balaban J connectivity index is 0.000000606. The molecule has 1 saturated heterocycles. The SMILES string of the molecule is C1CNC1.COc1ccc(C)c(C(=O)NC2(c3cc(-c4nc5ccccc5o4)cc4ncccc34)CC2)c1. The lowest BCUT2D eigenvalue weighted by Crippen LogP contribution is -2.35. The number of carbonyl (C=O) groups excluding carboxylic acids is 1. The number of ether oxygens (including phenoxy) is 1. The molecule has 7 rings (SSSR count). The second-order valence-electron chi connectivity index (χ2n) is 9.90. The highest BCUT2D eigenvalue weighted by molar-refractivity contribution is 5.98. The predicted octanol–water partition coefficient (Wildman–Crippen LogP) is 5.76. The molecular formula is C31H30N4O3. The number of para-hydroxylation sites is 2. The maximum Gasteiger partial charge on any atom is 0.252 e. The van der Waals surface area contributed by atoms with Crippen LogP contribution >= 0.6 is 0 Å².